The SMILES string of the molecule is FC(F)(C1CC1)C1CNC1. The summed E-state index contributed by atoms with van der Waals surface area (Å²) in [5, 5.41) is 2.87. The Morgan fingerprint density at radius 3 is 2.00 bits per heavy atom. The van der Waals surface area contributed by atoms with Crippen molar-refractivity contribution in [2.24, 2.45) is 11.8 Å². The highest BCUT2D eigenvalue weighted by Crippen LogP contribution is 2.48. The number of alkyl halides is 2. The van der Waals surface area contributed by atoms with Crippen molar-refractivity contribution in [1.82, 2.24) is 5.32 Å². The van der Waals surface area contributed by atoms with Crippen LogP contribution >= 0.6 is 0 Å². The van der Waals surface area contributed by atoms with Crippen molar-refractivity contribution in [3.05, 3.63) is 0 Å². The van der Waals surface area contributed by atoms with Gasteiger partial charge in [0.2, 0.25) is 0 Å². The van der Waals surface area contributed by atoms with Crippen LogP contribution < -0.4 is 5.32 Å². The molecule has 1 nitrogen and oxygen atoms in total. The molecule has 0 aromatic carbocycles. The summed E-state index contributed by atoms with van der Waals surface area (Å²) >= 11 is 0. The van der Waals surface area contributed by atoms with Crippen molar-refractivity contribution in [3.8, 4) is 0 Å². The standard InChI is InChI=1S/C7H11F2N/c8-7(9,5-1-2-5)6-3-10-4-6/h5-6,10H,1-4H2. The summed E-state index contributed by atoms with van der Waals surface area (Å²) in [6.07, 6.45) is 1.48. The third-order valence-corrected chi connectivity index (χ3v) is 2.45. The quantitative estimate of drug-likeness (QED) is 0.619. The lowest BCUT2D eigenvalue weighted by atomic mass is 9.92. The summed E-state index contributed by atoms with van der Waals surface area (Å²) in [6.45, 7) is 1.03. The fourth-order valence-corrected chi connectivity index (χ4v) is 1.36. The molecule has 2 fully saturated rings. The van der Waals surface area contributed by atoms with Crippen molar-refractivity contribution in [2.75, 3.05) is 13.1 Å². The second kappa shape index (κ2) is 1.91. The average molecular weight is 147 g/mol. The van der Waals surface area contributed by atoms with E-state index in [1.807, 2.05) is 0 Å². The molecule has 1 N–H and O–H groups in total. The topological polar surface area (TPSA) is 12.0 Å². The van der Waals surface area contributed by atoms with Gasteiger partial charge in [0.15, 0.2) is 0 Å². The van der Waals surface area contributed by atoms with Crippen LogP contribution in [0.5, 0.6) is 0 Å². The molecule has 2 aliphatic rings. The van der Waals surface area contributed by atoms with E-state index in [9.17, 15) is 8.78 Å². The predicted molar refractivity (Wildman–Crippen MR) is 34.0 cm³/mol. The van der Waals surface area contributed by atoms with Crippen LogP contribution in [0.15, 0.2) is 0 Å². The van der Waals surface area contributed by atoms with E-state index in [0.717, 1.165) is 12.8 Å². The van der Waals surface area contributed by atoms with Gasteiger partial charge in [-0.3, -0.25) is 0 Å². The highest BCUT2D eigenvalue weighted by Gasteiger charge is 2.53. The lowest BCUT2D eigenvalue weighted by Crippen LogP contribution is -2.52. The van der Waals surface area contributed by atoms with Crippen LogP contribution in [-0.4, -0.2) is 19.0 Å². The first kappa shape index (κ1) is 6.53. The van der Waals surface area contributed by atoms with Gasteiger partial charge >= 0.3 is 0 Å². The van der Waals surface area contributed by atoms with Gasteiger partial charge in [-0.1, -0.05) is 0 Å². The van der Waals surface area contributed by atoms with Gasteiger partial charge in [-0.2, -0.15) is 0 Å². The van der Waals surface area contributed by atoms with Crippen molar-refractivity contribution in [1.29, 1.82) is 0 Å². The van der Waals surface area contributed by atoms with E-state index in [2.05, 4.69) is 5.32 Å². The zero-order chi connectivity index (χ0) is 7.19. The summed E-state index contributed by atoms with van der Waals surface area (Å²) in [5.41, 5.74) is 0. The Balaban J connectivity index is 1.97. The van der Waals surface area contributed by atoms with E-state index in [1.165, 1.54) is 0 Å². The fraction of sp³-hybridized carbons (Fsp3) is 1.00. The Hall–Kier alpha value is -0.180. The number of nitrogens with one attached hydrogen (secondary N) is 1. The van der Waals surface area contributed by atoms with Gasteiger partial charge in [0, 0.05) is 24.9 Å². The Labute approximate surface area is 58.8 Å². The molecule has 58 valence electrons. The molecule has 10 heavy (non-hydrogen) atoms. The van der Waals surface area contributed by atoms with Crippen molar-refractivity contribution in [3.63, 3.8) is 0 Å². The summed E-state index contributed by atoms with van der Waals surface area (Å²) < 4.78 is 26.0. The summed E-state index contributed by atoms with van der Waals surface area (Å²) in [4.78, 5) is 0. The number of hydrogen-bond donors (Lipinski definition) is 1. The minimum atomic E-state index is -2.36. The largest absolute Gasteiger partial charge is 0.316 e. The molecule has 0 spiro atoms. The molecule has 1 saturated heterocycles. The van der Waals surface area contributed by atoms with Crippen molar-refractivity contribution < 1.29 is 8.78 Å². The van der Waals surface area contributed by atoms with Crippen LogP contribution in [0, 0.1) is 11.8 Å². The van der Waals surface area contributed by atoms with Crippen LogP contribution in [0.25, 0.3) is 0 Å². The van der Waals surface area contributed by atoms with E-state index in [1.54, 1.807) is 0 Å². The van der Waals surface area contributed by atoms with Gasteiger partial charge in [0.1, 0.15) is 0 Å². The Morgan fingerprint density at radius 2 is 1.70 bits per heavy atom. The Bertz CT molecular complexity index is 139. The molecule has 0 amide bonds. The zero-order valence-electron chi connectivity index (χ0n) is 5.74. The molecule has 1 aliphatic carbocycles. The second-order valence-electron chi connectivity index (χ2n) is 3.30. The maximum absolute atomic E-state index is 13.0. The lowest BCUT2D eigenvalue weighted by Gasteiger charge is -2.34. The first-order valence-electron chi connectivity index (χ1n) is 3.80. The highest BCUT2D eigenvalue weighted by molar-refractivity contribution is 4.97. The third-order valence-electron chi connectivity index (χ3n) is 2.45. The maximum atomic E-state index is 13.0. The van der Waals surface area contributed by atoms with Gasteiger partial charge in [0.25, 0.3) is 5.92 Å². The first-order valence-corrected chi connectivity index (χ1v) is 3.80. The molecule has 2 rings (SSSR count). The maximum Gasteiger partial charge on any atom is 0.256 e. The molecule has 3 heteroatoms. The zero-order valence-corrected chi connectivity index (χ0v) is 5.74. The fourth-order valence-electron chi connectivity index (χ4n) is 1.36. The van der Waals surface area contributed by atoms with E-state index in [4.69, 9.17) is 0 Å². The molecular formula is C7H11F2N. The number of hydrogen-bond acceptors (Lipinski definition) is 1. The summed E-state index contributed by atoms with van der Waals surface area (Å²) in [5.74, 6) is -3.00. The highest BCUT2D eigenvalue weighted by atomic mass is 19.3. The van der Waals surface area contributed by atoms with Gasteiger partial charge in [-0.05, 0) is 12.8 Å². The van der Waals surface area contributed by atoms with Crippen molar-refractivity contribution in [2.45, 2.75) is 18.8 Å². The molecule has 0 atom stereocenters. The smallest absolute Gasteiger partial charge is 0.256 e. The van der Waals surface area contributed by atoms with Crippen molar-refractivity contribution >= 4 is 0 Å². The van der Waals surface area contributed by atoms with Gasteiger partial charge in [-0.25, -0.2) is 8.78 Å². The molecule has 0 aromatic rings. The third kappa shape index (κ3) is 0.839. The minimum Gasteiger partial charge on any atom is -0.316 e. The monoisotopic (exact) mass is 147 g/mol. The summed E-state index contributed by atoms with van der Waals surface area (Å²) in [7, 11) is 0. The molecule has 0 aromatic heterocycles. The first-order chi connectivity index (χ1) is 4.71. The van der Waals surface area contributed by atoms with Gasteiger partial charge < -0.3 is 5.32 Å². The van der Waals surface area contributed by atoms with E-state index < -0.39 is 5.92 Å². The number of halogens is 2. The lowest BCUT2D eigenvalue weighted by molar-refractivity contribution is -0.0951. The van der Waals surface area contributed by atoms with Gasteiger partial charge in [-0.15, -0.1) is 0 Å². The molecule has 0 unspecified atom stereocenters. The average Bonchev–Trinajstić information content (AvgIpc) is 2.32. The second-order valence-corrected chi connectivity index (χ2v) is 3.30. The number of rotatable bonds is 2. The molecule has 0 radical (unpaired) electrons. The molecule has 1 heterocycles. The van der Waals surface area contributed by atoms with Crippen LogP contribution in [0.2, 0.25) is 0 Å². The van der Waals surface area contributed by atoms with Gasteiger partial charge in [0.05, 0.1) is 0 Å². The Morgan fingerprint density at radius 1 is 1.10 bits per heavy atom. The minimum absolute atomic E-state index is 0.278. The van der Waals surface area contributed by atoms with E-state index in [0.29, 0.717) is 13.1 Å². The van der Waals surface area contributed by atoms with Crippen LogP contribution in [-0.2, 0) is 0 Å². The normalized spacial score (nSPS) is 28.2. The molecule has 0 bridgehead atoms. The van der Waals surface area contributed by atoms with Crippen LogP contribution in [0.4, 0.5) is 8.78 Å². The Kier molecular flexibility index (Phi) is 1.24. The molecular weight excluding hydrogens is 136 g/mol. The van der Waals surface area contributed by atoms with Crippen LogP contribution in [0.1, 0.15) is 12.8 Å². The predicted octanol–water partition coefficient (Wildman–Crippen LogP) is 1.25. The van der Waals surface area contributed by atoms with E-state index in [-0.39, 0.29) is 11.8 Å². The molecule has 1 aliphatic heterocycles. The molecule has 1 saturated carbocycles. The van der Waals surface area contributed by atoms with E-state index >= 15 is 0 Å². The summed E-state index contributed by atoms with van der Waals surface area (Å²) in [6, 6.07) is 0. The van der Waals surface area contributed by atoms with Crippen LogP contribution in [0.3, 0.4) is 0 Å².